The van der Waals surface area contributed by atoms with E-state index < -0.39 is 0 Å². The summed E-state index contributed by atoms with van der Waals surface area (Å²) in [5, 5.41) is 2.78. The van der Waals surface area contributed by atoms with Gasteiger partial charge in [-0.25, -0.2) is 4.99 Å². The lowest BCUT2D eigenvalue weighted by atomic mass is 10.1. The van der Waals surface area contributed by atoms with E-state index in [2.05, 4.69) is 15.2 Å². The second kappa shape index (κ2) is 7.93. The van der Waals surface area contributed by atoms with Crippen LogP contribution in [-0.4, -0.2) is 47.9 Å². The number of hydrogen-bond acceptors (Lipinski definition) is 3. The van der Waals surface area contributed by atoms with Crippen molar-refractivity contribution in [1.82, 2.24) is 10.2 Å². The topological polar surface area (TPSA) is 70.7 Å². The zero-order valence-electron chi connectivity index (χ0n) is 12.3. The molecule has 1 aliphatic rings. The summed E-state index contributed by atoms with van der Waals surface area (Å²) in [7, 11) is 0. The molecule has 6 heteroatoms. The summed E-state index contributed by atoms with van der Waals surface area (Å²) >= 11 is 1.95. The predicted octanol–water partition coefficient (Wildman–Crippen LogP) is 1.30. The van der Waals surface area contributed by atoms with E-state index in [9.17, 15) is 4.79 Å². The second-order valence-corrected chi connectivity index (χ2v) is 6.05. The smallest absolute Gasteiger partial charge is 0.251 e. The lowest BCUT2D eigenvalue weighted by Gasteiger charge is -2.27. The zero-order valence-corrected chi connectivity index (χ0v) is 13.2. The van der Waals surface area contributed by atoms with Gasteiger partial charge in [0.2, 0.25) is 0 Å². The lowest BCUT2D eigenvalue weighted by molar-refractivity contribution is 0.0956. The molecule has 1 saturated heterocycles. The number of aliphatic imine (C=N–C) groups is 1. The summed E-state index contributed by atoms with van der Waals surface area (Å²) in [4.78, 5) is 18.2. The van der Waals surface area contributed by atoms with Crippen LogP contribution in [0.25, 0.3) is 0 Å². The maximum atomic E-state index is 11.7. The number of thioether (sulfide) groups is 1. The minimum atomic E-state index is -0.0436. The molecular formula is C15H22N4OS. The van der Waals surface area contributed by atoms with E-state index in [-0.39, 0.29) is 5.91 Å². The normalized spacial score (nSPS) is 15.9. The maximum absolute atomic E-state index is 11.7. The van der Waals surface area contributed by atoms with E-state index in [4.69, 9.17) is 5.73 Å². The Labute approximate surface area is 130 Å². The highest BCUT2D eigenvalue weighted by molar-refractivity contribution is 7.99. The Morgan fingerprint density at radius 1 is 1.33 bits per heavy atom. The fourth-order valence-electron chi connectivity index (χ4n) is 2.09. The highest BCUT2D eigenvalue weighted by Crippen LogP contribution is 2.10. The van der Waals surface area contributed by atoms with Crippen LogP contribution < -0.4 is 11.1 Å². The Hall–Kier alpha value is -1.69. The highest BCUT2D eigenvalue weighted by Gasteiger charge is 2.11. The predicted molar refractivity (Wildman–Crippen MR) is 88.7 cm³/mol. The third kappa shape index (κ3) is 4.67. The van der Waals surface area contributed by atoms with Crippen molar-refractivity contribution >= 4 is 23.6 Å². The number of rotatable bonds is 4. The van der Waals surface area contributed by atoms with Crippen LogP contribution in [0.3, 0.4) is 0 Å². The largest absolute Gasteiger partial charge is 0.370 e. The van der Waals surface area contributed by atoms with Gasteiger partial charge in [-0.3, -0.25) is 4.79 Å². The summed E-state index contributed by atoms with van der Waals surface area (Å²) in [6.45, 7) is 5.02. The summed E-state index contributed by atoms with van der Waals surface area (Å²) in [5.41, 5.74) is 7.74. The van der Waals surface area contributed by atoms with Gasteiger partial charge < -0.3 is 16.0 Å². The first kappa shape index (κ1) is 15.7. The molecule has 1 fully saturated rings. The molecule has 0 unspecified atom stereocenters. The second-order valence-electron chi connectivity index (χ2n) is 4.83. The van der Waals surface area contributed by atoms with Crippen LogP contribution >= 0.6 is 11.8 Å². The van der Waals surface area contributed by atoms with Gasteiger partial charge in [-0.2, -0.15) is 11.8 Å². The number of carbonyl (C=O) groups is 1. The maximum Gasteiger partial charge on any atom is 0.251 e. The first-order valence-corrected chi connectivity index (χ1v) is 8.36. The average Bonchev–Trinajstić information content (AvgIpc) is 2.54. The van der Waals surface area contributed by atoms with Crippen molar-refractivity contribution in [2.75, 3.05) is 31.1 Å². The Bertz CT molecular complexity index is 495. The number of amides is 1. The summed E-state index contributed by atoms with van der Waals surface area (Å²) < 4.78 is 0. The van der Waals surface area contributed by atoms with E-state index in [0.29, 0.717) is 24.6 Å². The standard InChI is InChI=1S/C15H22N4OS/c1-2-17-14(20)13-5-3-12(4-6-13)11-18-15(16)19-7-9-21-10-8-19/h3-6H,2,7-11H2,1H3,(H2,16,18)(H,17,20). The molecule has 1 aliphatic heterocycles. The molecule has 1 aromatic rings. The number of benzene rings is 1. The first-order chi connectivity index (χ1) is 10.2. The third-order valence-electron chi connectivity index (χ3n) is 3.31. The fourth-order valence-corrected chi connectivity index (χ4v) is 2.99. The monoisotopic (exact) mass is 306 g/mol. The summed E-state index contributed by atoms with van der Waals surface area (Å²) in [5.74, 6) is 2.79. The number of guanidine groups is 1. The third-order valence-corrected chi connectivity index (χ3v) is 4.25. The Morgan fingerprint density at radius 2 is 2.00 bits per heavy atom. The molecule has 2 rings (SSSR count). The van der Waals surface area contributed by atoms with Crippen molar-refractivity contribution in [3.63, 3.8) is 0 Å². The molecule has 0 saturated carbocycles. The average molecular weight is 306 g/mol. The van der Waals surface area contributed by atoms with Crippen LogP contribution in [-0.2, 0) is 6.54 Å². The van der Waals surface area contributed by atoms with Gasteiger partial charge in [0.05, 0.1) is 6.54 Å². The summed E-state index contributed by atoms with van der Waals surface area (Å²) in [6.07, 6.45) is 0. The molecule has 3 N–H and O–H groups in total. The van der Waals surface area contributed by atoms with Gasteiger partial charge in [-0.1, -0.05) is 12.1 Å². The molecule has 0 bridgehead atoms. The van der Waals surface area contributed by atoms with E-state index in [1.165, 1.54) is 0 Å². The number of nitrogens with two attached hydrogens (primary N) is 1. The Balaban J connectivity index is 1.92. The van der Waals surface area contributed by atoms with Crippen LogP contribution in [0.5, 0.6) is 0 Å². The van der Waals surface area contributed by atoms with Crippen molar-refractivity contribution in [1.29, 1.82) is 0 Å². The SMILES string of the molecule is CCNC(=O)c1ccc(CN=C(N)N2CCSCC2)cc1. The number of hydrogen-bond donors (Lipinski definition) is 2. The quantitative estimate of drug-likeness (QED) is 0.650. The van der Waals surface area contributed by atoms with Gasteiger partial charge in [0.25, 0.3) is 5.91 Å². The molecular weight excluding hydrogens is 284 g/mol. The zero-order chi connectivity index (χ0) is 15.1. The van der Waals surface area contributed by atoms with E-state index >= 15 is 0 Å². The molecule has 0 aliphatic carbocycles. The number of nitrogens with one attached hydrogen (secondary N) is 1. The van der Waals surface area contributed by atoms with E-state index in [1.54, 1.807) is 0 Å². The van der Waals surface area contributed by atoms with Gasteiger partial charge >= 0.3 is 0 Å². The molecule has 1 aromatic carbocycles. The van der Waals surface area contributed by atoms with Gasteiger partial charge in [0.1, 0.15) is 0 Å². The van der Waals surface area contributed by atoms with Crippen molar-refractivity contribution in [2.24, 2.45) is 10.7 Å². The van der Waals surface area contributed by atoms with Crippen molar-refractivity contribution < 1.29 is 4.79 Å². The first-order valence-electron chi connectivity index (χ1n) is 7.20. The van der Waals surface area contributed by atoms with Crippen LogP contribution in [0.4, 0.5) is 0 Å². The minimum Gasteiger partial charge on any atom is -0.370 e. The molecule has 114 valence electrons. The van der Waals surface area contributed by atoms with Crippen molar-refractivity contribution in [2.45, 2.75) is 13.5 Å². The van der Waals surface area contributed by atoms with Gasteiger partial charge in [0.15, 0.2) is 5.96 Å². The number of carbonyl (C=O) groups excluding carboxylic acids is 1. The highest BCUT2D eigenvalue weighted by atomic mass is 32.2. The van der Waals surface area contributed by atoms with Crippen LogP contribution in [0.1, 0.15) is 22.8 Å². The number of nitrogens with zero attached hydrogens (tertiary/aromatic N) is 2. The lowest BCUT2D eigenvalue weighted by Crippen LogP contribution is -2.42. The molecule has 0 atom stereocenters. The van der Waals surface area contributed by atoms with Gasteiger partial charge in [0, 0.05) is 36.7 Å². The molecule has 0 aromatic heterocycles. The van der Waals surface area contributed by atoms with Crippen LogP contribution in [0.2, 0.25) is 0 Å². The van der Waals surface area contributed by atoms with Gasteiger partial charge in [-0.15, -0.1) is 0 Å². The molecule has 0 radical (unpaired) electrons. The fraction of sp³-hybridized carbons (Fsp3) is 0.467. The molecule has 1 amide bonds. The van der Waals surface area contributed by atoms with Crippen molar-refractivity contribution in [3.8, 4) is 0 Å². The van der Waals surface area contributed by atoms with Crippen LogP contribution in [0, 0.1) is 0 Å². The molecule has 0 spiro atoms. The van der Waals surface area contributed by atoms with E-state index in [0.717, 1.165) is 30.2 Å². The Kier molecular flexibility index (Phi) is 5.92. The molecule has 1 heterocycles. The molecule has 5 nitrogen and oxygen atoms in total. The van der Waals surface area contributed by atoms with E-state index in [1.807, 2.05) is 43.0 Å². The van der Waals surface area contributed by atoms with Crippen LogP contribution in [0.15, 0.2) is 29.3 Å². The molecule has 21 heavy (non-hydrogen) atoms. The van der Waals surface area contributed by atoms with Crippen molar-refractivity contribution in [3.05, 3.63) is 35.4 Å². The summed E-state index contributed by atoms with van der Waals surface area (Å²) in [6, 6.07) is 7.49. The Morgan fingerprint density at radius 3 is 2.62 bits per heavy atom. The van der Waals surface area contributed by atoms with Gasteiger partial charge in [-0.05, 0) is 24.6 Å². The minimum absolute atomic E-state index is 0.0436.